The van der Waals surface area contributed by atoms with Crippen molar-refractivity contribution in [3.63, 3.8) is 0 Å². The van der Waals surface area contributed by atoms with E-state index < -0.39 is 41.3 Å². The molecule has 8 heteroatoms. The van der Waals surface area contributed by atoms with Gasteiger partial charge in [0.25, 0.3) is 0 Å². The molecule has 0 radical (unpaired) electrons. The first-order valence-electron chi connectivity index (χ1n) is 14.9. The monoisotopic (exact) mass is 609 g/mol. The average Bonchev–Trinajstić information content (AvgIpc) is 2.86. The van der Waals surface area contributed by atoms with E-state index in [2.05, 4.69) is 13.8 Å². The van der Waals surface area contributed by atoms with E-state index in [1.807, 2.05) is 34.6 Å². The number of hydrogen-bond donors (Lipinski definition) is 2. The number of nitrogens with zero attached hydrogens (tertiary/aromatic N) is 1. The van der Waals surface area contributed by atoms with E-state index in [9.17, 15) is 23.8 Å². The zero-order valence-electron chi connectivity index (χ0n) is 26.2. The van der Waals surface area contributed by atoms with Gasteiger partial charge in [-0.25, -0.2) is 13.6 Å². The Morgan fingerprint density at radius 1 is 0.881 bits per heavy atom. The molecule has 4 rings (SSSR count). The highest BCUT2D eigenvalue weighted by molar-refractivity contribution is 5.85. The molecule has 2 aromatic carbocycles. The number of piperidine rings is 1. The number of aliphatic hydroxyl groups excluding tert-OH is 2. The predicted molar refractivity (Wildman–Crippen MR) is 165 cm³/mol. The predicted octanol–water partition coefficient (Wildman–Crippen LogP) is 8.92. The van der Waals surface area contributed by atoms with Crippen LogP contribution in [0.25, 0.3) is 0 Å². The maximum Gasteiger partial charge on any atom is 0.411 e. The first-order valence-corrected chi connectivity index (χ1v) is 14.9. The molecule has 0 unspecified atom stereocenters. The van der Waals surface area contributed by atoms with Crippen molar-refractivity contribution in [2.75, 3.05) is 0 Å². The lowest BCUT2D eigenvalue weighted by molar-refractivity contribution is -0.0581. The van der Waals surface area contributed by atoms with E-state index in [4.69, 9.17) is 4.74 Å². The Bertz CT molecular complexity index is 1170. The van der Waals surface area contributed by atoms with Gasteiger partial charge in [-0.15, -0.1) is 12.4 Å². The summed E-state index contributed by atoms with van der Waals surface area (Å²) < 4.78 is 33.3. The largest absolute Gasteiger partial charge is 0.444 e. The van der Waals surface area contributed by atoms with Gasteiger partial charge in [0.05, 0.1) is 12.1 Å². The summed E-state index contributed by atoms with van der Waals surface area (Å²) in [5, 5.41) is 21.1. The molecule has 1 saturated heterocycles. The molecular weight excluding hydrogens is 560 g/mol. The van der Waals surface area contributed by atoms with Crippen LogP contribution in [0.1, 0.15) is 117 Å². The number of ether oxygens (including phenoxy) is 1. The van der Waals surface area contributed by atoms with Crippen LogP contribution in [0.3, 0.4) is 0 Å². The molecule has 1 saturated carbocycles. The highest BCUT2D eigenvalue weighted by Gasteiger charge is 2.45. The van der Waals surface area contributed by atoms with Crippen molar-refractivity contribution in [2.24, 2.45) is 11.3 Å². The Morgan fingerprint density at radius 3 is 1.88 bits per heavy atom. The molecule has 5 nitrogen and oxygen atoms in total. The normalized spacial score (nSPS) is 23.0. The zero-order chi connectivity index (χ0) is 30.6. The average molecular weight is 610 g/mol. The van der Waals surface area contributed by atoms with Crippen molar-refractivity contribution in [2.45, 2.75) is 123 Å². The SMILES string of the molecule is CC(C)(C)OC(=O)N1[C@H]([C@H](O)c2ccccc2F)CCCC1(C)C.CC1(C)CCC[C@@H]([C@H](O)c2ccccc2F)C1.Cl. The second-order valence-corrected chi connectivity index (χ2v) is 14.1. The van der Waals surface area contributed by atoms with Crippen molar-refractivity contribution < 1.29 is 28.5 Å². The van der Waals surface area contributed by atoms with Gasteiger partial charge in [0.1, 0.15) is 23.3 Å². The molecule has 4 atom stereocenters. The molecule has 42 heavy (non-hydrogen) atoms. The van der Waals surface area contributed by atoms with Crippen LogP contribution in [0.2, 0.25) is 0 Å². The van der Waals surface area contributed by atoms with Crippen LogP contribution >= 0.6 is 12.4 Å². The fraction of sp³-hybridized carbons (Fsp3) is 0.618. The van der Waals surface area contributed by atoms with Crippen LogP contribution in [-0.2, 0) is 4.74 Å². The lowest BCUT2D eigenvalue weighted by Crippen LogP contribution is -2.58. The number of benzene rings is 2. The summed E-state index contributed by atoms with van der Waals surface area (Å²) in [5.41, 5.74) is -0.144. The number of carbonyl (C=O) groups excluding carboxylic acids is 1. The first kappa shape index (κ1) is 36.0. The summed E-state index contributed by atoms with van der Waals surface area (Å²) >= 11 is 0. The van der Waals surface area contributed by atoms with E-state index in [0.29, 0.717) is 12.0 Å². The molecule has 1 amide bonds. The number of likely N-dealkylation sites (tertiary alicyclic amines) is 1. The van der Waals surface area contributed by atoms with E-state index in [1.54, 1.807) is 41.3 Å². The lowest BCUT2D eigenvalue weighted by Gasteiger charge is -2.49. The van der Waals surface area contributed by atoms with Crippen LogP contribution in [0.15, 0.2) is 48.5 Å². The summed E-state index contributed by atoms with van der Waals surface area (Å²) in [5.74, 6) is -0.559. The summed E-state index contributed by atoms with van der Waals surface area (Å²) in [7, 11) is 0. The number of carbonyl (C=O) groups is 1. The van der Waals surface area contributed by atoms with Crippen molar-refractivity contribution >= 4 is 18.5 Å². The van der Waals surface area contributed by atoms with Gasteiger partial charge in [0.15, 0.2) is 0 Å². The summed E-state index contributed by atoms with van der Waals surface area (Å²) in [4.78, 5) is 14.4. The van der Waals surface area contributed by atoms with Gasteiger partial charge < -0.3 is 14.9 Å². The minimum absolute atomic E-state index is 0. The molecule has 2 aromatic rings. The quantitative estimate of drug-likeness (QED) is 0.363. The Labute approximate surface area is 257 Å². The number of rotatable bonds is 4. The summed E-state index contributed by atoms with van der Waals surface area (Å²) in [6.45, 7) is 13.8. The standard InChI is InChI=1S/C19H28FNO3.C15H21FO.ClH/c1-18(2,3)24-17(23)21-15(11-8-12-19(21,4)5)16(22)13-9-6-7-10-14(13)20;1-15(2)9-5-6-11(10-15)14(17)12-7-3-4-8-13(12)16;/h6-7,9-10,15-16,22H,8,11-12H2,1-5H3;3-4,7-8,11,14,17H,5-6,9-10H2,1-2H3;1H/t15-,16+;11-,14+;/m01./s1. The van der Waals surface area contributed by atoms with Gasteiger partial charge in [-0.1, -0.05) is 56.7 Å². The van der Waals surface area contributed by atoms with Crippen molar-refractivity contribution in [3.05, 3.63) is 71.3 Å². The highest BCUT2D eigenvalue weighted by atomic mass is 35.5. The van der Waals surface area contributed by atoms with Gasteiger partial charge in [0.2, 0.25) is 0 Å². The third-order valence-electron chi connectivity index (χ3n) is 8.36. The van der Waals surface area contributed by atoms with Gasteiger partial charge in [-0.2, -0.15) is 0 Å². The van der Waals surface area contributed by atoms with Crippen LogP contribution in [-0.4, -0.2) is 38.4 Å². The van der Waals surface area contributed by atoms with E-state index in [-0.39, 0.29) is 35.1 Å². The summed E-state index contributed by atoms with van der Waals surface area (Å²) in [6, 6.07) is 12.2. The van der Waals surface area contributed by atoms with Gasteiger partial charge >= 0.3 is 6.09 Å². The maximum atomic E-state index is 14.1. The third kappa shape index (κ3) is 9.39. The molecule has 0 spiro atoms. The number of hydrogen-bond acceptors (Lipinski definition) is 4. The molecule has 1 heterocycles. The summed E-state index contributed by atoms with van der Waals surface area (Å²) in [6.07, 6.45) is 4.38. The molecule has 1 aliphatic carbocycles. The van der Waals surface area contributed by atoms with E-state index in [0.717, 1.165) is 32.1 Å². The Balaban J connectivity index is 0.000000302. The van der Waals surface area contributed by atoms with Crippen molar-refractivity contribution in [3.8, 4) is 0 Å². The number of halogens is 3. The second kappa shape index (κ2) is 14.5. The van der Waals surface area contributed by atoms with Gasteiger partial charge in [0, 0.05) is 16.7 Å². The molecule has 236 valence electrons. The second-order valence-electron chi connectivity index (χ2n) is 14.1. The van der Waals surface area contributed by atoms with Crippen LogP contribution in [0, 0.1) is 23.0 Å². The smallest absolute Gasteiger partial charge is 0.411 e. The minimum atomic E-state index is -1.08. The molecule has 0 bridgehead atoms. The minimum Gasteiger partial charge on any atom is -0.444 e. The molecule has 2 fully saturated rings. The molecule has 2 N–H and O–H groups in total. The van der Waals surface area contributed by atoms with Crippen LogP contribution < -0.4 is 0 Å². The lowest BCUT2D eigenvalue weighted by atomic mass is 9.70. The van der Waals surface area contributed by atoms with Crippen molar-refractivity contribution in [1.82, 2.24) is 4.90 Å². The Morgan fingerprint density at radius 2 is 1.38 bits per heavy atom. The van der Waals surface area contributed by atoms with E-state index >= 15 is 0 Å². The molecular formula is C34H50ClF2NO4. The van der Waals surface area contributed by atoms with Gasteiger partial charge in [-0.05, 0) is 96.6 Å². The number of amides is 1. The Kier molecular flexibility index (Phi) is 12.4. The van der Waals surface area contributed by atoms with Crippen molar-refractivity contribution in [1.29, 1.82) is 0 Å². The number of aliphatic hydroxyl groups is 2. The fourth-order valence-electron chi connectivity index (χ4n) is 6.35. The van der Waals surface area contributed by atoms with Crippen LogP contribution in [0.4, 0.5) is 13.6 Å². The maximum absolute atomic E-state index is 14.1. The highest BCUT2D eigenvalue weighted by Crippen LogP contribution is 2.44. The van der Waals surface area contributed by atoms with E-state index in [1.165, 1.54) is 18.6 Å². The zero-order valence-corrected chi connectivity index (χ0v) is 27.0. The fourth-order valence-corrected chi connectivity index (χ4v) is 6.35. The molecule has 2 aliphatic rings. The Hall–Kier alpha value is -2.22. The third-order valence-corrected chi connectivity index (χ3v) is 8.36. The topological polar surface area (TPSA) is 70.0 Å². The molecule has 1 aliphatic heterocycles. The van der Waals surface area contributed by atoms with Gasteiger partial charge in [-0.3, -0.25) is 4.90 Å². The molecule has 0 aromatic heterocycles. The first-order chi connectivity index (χ1) is 19.0. The van der Waals surface area contributed by atoms with Crippen LogP contribution in [0.5, 0.6) is 0 Å².